The van der Waals surface area contributed by atoms with E-state index in [1.165, 1.54) is 18.4 Å². The molecule has 0 aliphatic carbocycles. The zero-order valence-electron chi connectivity index (χ0n) is 13.8. The van der Waals surface area contributed by atoms with Gasteiger partial charge in [-0.1, -0.05) is 37.3 Å². The zero-order valence-corrected chi connectivity index (χ0v) is 14.6. The standard InChI is InChI=1S/C18H28N2O.ClH/c1-15(17-9-6-11-19-14-17)13-18(21)20(2)12-10-16-7-4-3-5-8-16;/h3-5,7-8,15,17,19H,6,9-14H2,1-2H3;1H. The molecule has 1 amide bonds. The minimum atomic E-state index is 0. The summed E-state index contributed by atoms with van der Waals surface area (Å²) in [5.41, 5.74) is 1.29. The first-order chi connectivity index (χ1) is 10.2. The topological polar surface area (TPSA) is 32.3 Å². The third kappa shape index (κ3) is 5.98. The van der Waals surface area contributed by atoms with E-state index in [1.54, 1.807) is 0 Å². The summed E-state index contributed by atoms with van der Waals surface area (Å²) in [5.74, 6) is 1.42. The van der Waals surface area contributed by atoms with Crippen molar-refractivity contribution < 1.29 is 4.79 Å². The van der Waals surface area contributed by atoms with Crippen LogP contribution in [0.25, 0.3) is 0 Å². The van der Waals surface area contributed by atoms with Crippen LogP contribution in [0.4, 0.5) is 0 Å². The highest BCUT2D eigenvalue weighted by Crippen LogP contribution is 2.23. The zero-order chi connectivity index (χ0) is 15.1. The highest BCUT2D eigenvalue weighted by atomic mass is 35.5. The third-order valence-corrected chi connectivity index (χ3v) is 4.64. The SMILES string of the molecule is CC(CC(=O)N(C)CCc1ccccc1)C1CCCNC1.Cl. The Morgan fingerprint density at radius 1 is 1.36 bits per heavy atom. The predicted molar refractivity (Wildman–Crippen MR) is 94.4 cm³/mol. The average molecular weight is 325 g/mol. The molecular formula is C18H29ClN2O. The molecule has 1 N–H and O–H groups in total. The average Bonchev–Trinajstić information content (AvgIpc) is 2.54. The summed E-state index contributed by atoms with van der Waals surface area (Å²) in [6, 6.07) is 10.4. The van der Waals surface area contributed by atoms with E-state index in [0.29, 0.717) is 18.3 Å². The summed E-state index contributed by atoms with van der Waals surface area (Å²) in [6.45, 7) is 5.23. The van der Waals surface area contributed by atoms with Crippen LogP contribution in [0.2, 0.25) is 0 Å². The van der Waals surface area contributed by atoms with E-state index >= 15 is 0 Å². The second-order valence-electron chi connectivity index (χ2n) is 6.34. The molecular weight excluding hydrogens is 296 g/mol. The second-order valence-corrected chi connectivity index (χ2v) is 6.34. The molecule has 3 nitrogen and oxygen atoms in total. The van der Waals surface area contributed by atoms with Gasteiger partial charge in [0.25, 0.3) is 0 Å². The van der Waals surface area contributed by atoms with Crippen molar-refractivity contribution in [1.82, 2.24) is 10.2 Å². The number of amides is 1. The van der Waals surface area contributed by atoms with Crippen LogP contribution < -0.4 is 5.32 Å². The summed E-state index contributed by atoms with van der Waals surface area (Å²) in [5, 5.41) is 3.44. The normalized spacial score (nSPS) is 19.1. The fourth-order valence-electron chi connectivity index (χ4n) is 3.03. The van der Waals surface area contributed by atoms with Crippen LogP contribution >= 0.6 is 12.4 Å². The van der Waals surface area contributed by atoms with Gasteiger partial charge in [-0.25, -0.2) is 0 Å². The molecule has 1 aromatic carbocycles. The van der Waals surface area contributed by atoms with E-state index in [0.717, 1.165) is 26.1 Å². The fourth-order valence-corrected chi connectivity index (χ4v) is 3.03. The van der Waals surface area contributed by atoms with Crippen molar-refractivity contribution in [3.05, 3.63) is 35.9 Å². The van der Waals surface area contributed by atoms with Crippen molar-refractivity contribution in [2.24, 2.45) is 11.8 Å². The van der Waals surface area contributed by atoms with Gasteiger partial charge in [0.2, 0.25) is 5.91 Å². The number of piperidine rings is 1. The van der Waals surface area contributed by atoms with Crippen molar-refractivity contribution in [2.75, 3.05) is 26.7 Å². The van der Waals surface area contributed by atoms with Crippen LogP contribution in [0.5, 0.6) is 0 Å². The van der Waals surface area contributed by atoms with Gasteiger partial charge in [-0.15, -0.1) is 12.4 Å². The largest absolute Gasteiger partial charge is 0.345 e. The number of hydrogen-bond donors (Lipinski definition) is 1. The highest BCUT2D eigenvalue weighted by molar-refractivity contribution is 5.85. The lowest BCUT2D eigenvalue weighted by atomic mass is 9.85. The molecule has 1 aliphatic rings. The molecule has 1 saturated heterocycles. The number of halogens is 1. The first kappa shape index (κ1) is 19.0. The smallest absolute Gasteiger partial charge is 0.222 e. The Kier molecular flexibility index (Phi) is 8.51. The van der Waals surface area contributed by atoms with E-state index in [2.05, 4.69) is 36.5 Å². The van der Waals surface area contributed by atoms with Gasteiger partial charge < -0.3 is 10.2 Å². The molecule has 0 spiro atoms. The molecule has 2 unspecified atom stereocenters. The summed E-state index contributed by atoms with van der Waals surface area (Å²) in [6.07, 6.45) is 4.11. The maximum absolute atomic E-state index is 12.3. The van der Waals surface area contributed by atoms with Gasteiger partial charge in [0, 0.05) is 20.0 Å². The molecule has 0 aromatic heterocycles. The molecule has 0 bridgehead atoms. The number of carbonyl (C=O) groups excluding carboxylic acids is 1. The molecule has 0 saturated carbocycles. The molecule has 2 rings (SSSR count). The number of likely N-dealkylation sites (N-methyl/N-ethyl adjacent to an activating group) is 1. The minimum Gasteiger partial charge on any atom is -0.345 e. The van der Waals surface area contributed by atoms with Crippen molar-refractivity contribution in [3.8, 4) is 0 Å². The van der Waals surface area contributed by atoms with Crippen molar-refractivity contribution in [2.45, 2.75) is 32.6 Å². The maximum atomic E-state index is 12.3. The van der Waals surface area contributed by atoms with E-state index in [9.17, 15) is 4.79 Å². The quantitative estimate of drug-likeness (QED) is 0.872. The lowest BCUT2D eigenvalue weighted by Crippen LogP contribution is -2.36. The maximum Gasteiger partial charge on any atom is 0.222 e. The van der Waals surface area contributed by atoms with Crippen LogP contribution in [0, 0.1) is 11.8 Å². The Morgan fingerprint density at radius 2 is 2.09 bits per heavy atom. The number of rotatable bonds is 6. The van der Waals surface area contributed by atoms with Gasteiger partial charge in [-0.3, -0.25) is 4.79 Å². The summed E-state index contributed by atoms with van der Waals surface area (Å²) in [4.78, 5) is 14.2. The lowest BCUT2D eigenvalue weighted by Gasteiger charge is -2.29. The number of carbonyl (C=O) groups is 1. The van der Waals surface area contributed by atoms with Crippen LogP contribution in [-0.4, -0.2) is 37.5 Å². The van der Waals surface area contributed by atoms with Crippen molar-refractivity contribution >= 4 is 18.3 Å². The fraction of sp³-hybridized carbons (Fsp3) is 0.611. The third-order valence-electron chi connectivity index (χ3n) is 4.64. The molecule has 1 aromatic rings. The summed E-state index contributed by atoms with van der Waals surface area (Å²) < 4.78 is 0. The van der Waals surface area contributed by atoms with Gasteiger partial charge in [-0.05, 0) is 49.8 Å². The summed E-state index contributed by atoms with van der Waals surface area (Å²) >= 11 is 0. The van der Waals surface area contributed by atoms with Crippen molar-refractivity contribution in [1.29, 1.82) is 0 Å². The van der Waals surface area contributed by atoms with Crippen LogP contribution in [0.15, 0.2) is 30.3 Å². The Hall–Kier alpha value is -1.06. The molecule has 124 valence electrons. The minimum absolute atomic E-state index is 0. The van der Waals surface area contributed by atoms with Gasteiger partial charge in [0.15, 0.2) is 0 Å². The van der Waals surface area contributed by atoms with Crippen LogP contribution in [0.3, 0.4) is 0 Å². The van der Waals surface area contributed by atoms with E-state index in [1.807, 2.05) is 18.0 Å². The van der Waals surface area contributed by atoms with Gasteiger partial charge in [0.05, 0.1) is 0 Å². The van der Waals surface area contributed by atoms with Gasteiger partial charge in [-0.2, -0.15) is 0 Å². The number of nitrogens with one attached hydrogen (secondary N) is 1. The van der Waals surface area contributed by atoms with E-state index in [4.69, 9.17) is 0 Å². The Balaban J connectivity index is 0.00000242. The predicted octanol–water partition coefficient (Wildman–Crippen LogP) is 3.14. The van der Waals surface area contributed by atoms with E-state index < -0.39 is 0 Å². The van der Waals surface area contributed by atoms with E-state index in [-0.39, 0.29) is 18.3 Å². The molecule has 1 aliphatic heterocycles. The van der Waals surface area contributed by atoms with Crippen LogP contribution in [-0.2, 0) is 11.2 Å². The van der Waals surface area contributed by atoms with Gasteiger partial charge in [0.1, 0.15) is 0 Å². The highest BCUT2D eigenvalue weighted by Gasteiger charge is 2.23. The van der Waals surface area contributed by atoms with Crippen molar-refractivity contribution in [3.63, 3.8) is 0 Å². The second kappa shape index (κ2) is 9.86. The Bertz CT molecular complexity index is 432. The summed E-state index contributed by atoms with van der Waals surface area (Å²) in [7, 11) is 1.93. The Morgan fingerprint density at radius 3 is 2.73 bits per heavy atom. The molecule has 1 fully saturated rings. The monoisotopic (exact) mass is 324 g/mol. The number of benzene rings is 1. The van der Waals surface area contributed by atoms with Crippen LogP contribution in [0.1, 0.15) is 31.7 Å². The first-order valence-electron chi connectivity index (χ1n) is 8.15. The Labute approximate surface area is 140 Å². The van der Waals surface area contributed by atoms with Gasteiger partial charge >= 0.3 is 0 Å². The lowest BCUT2D eigenvalue weighted by molar-refractivity contribution is -0.131. The molecule has 1 heterocycles. The molecule has 0 radical (unpaired) electrons. The first-order valence-corrected chi connectivity index (χ1v) is 8.15. The number of hydrogen-bond acceptors (Lipinski definition) is 2. The molecule has 22 heavy (non-hydrogen) atoms. The number of nitrogens with zero attached hydrogens (tertiary/aromatic N) is 1. The molecule has 4 heteroatoms. The molecule has 2 atom stereocenters.